The number of amides is 1. The molecule has 1 aromatic carbocycles. The van der Waals surface area contributed by atoms with E-state index in [0.717, 1.165) is 42.2 Å². The molecule has 1 aliphatic heterocycles. The molecule has 1 saturated heterocycles. The lowest BCUT2D eigenvalue weighted by Crippen LogP contribution is -2.27. The van der Waals surface area contributed by atoms with Crippen LogP contribution in [0.4, 0.5) is 5.69 Å². The number of carbonyl (C=O) groups excluding carboxylic acids is 1. The van der Waals surface area contributed by atoms with E-state index in [-0.39, 0.29) is 18.3 Å². The number of nitrogens with zero attached hydrogens (tertiary/aromatic N) is 2. The van der Waals surface area contributed by atoms with E-state index < -0.39 is 0 Å². The van der Waals surface area contributed by atoms with Gasteiger partial charge < -0.3 is 10.6 Å². The Hall–Kier alpha value is -1.98. The first kappa shape index (κ1) is 17.4. The molecule has 2 heterocycles. The van der Waals surface area contributed by atoms with Crippen molar-refractivity contribution in [3.63, 3.8) is 0 Å². The molecule has 0 aliphatic carbocycles. The standard InChI is InChI=1S/C17H20N4O.ClH/c1-12-18-9-7-16(20-12)13-4-2-5-15(10-13)21-17(22)11-14-6-3-8-19-14;/h2,4-5,7,9-10,14,19H,3,6,8,11H2,1H3,(H,21,22);1H. The zero-order chi connectivity index (χ0) is 15.4. The van der Waals surface area contributed by atoms with Gasteiger partial charge in [0.1, 0.15) is 5.82 Å². The van der Waals surface area contributed by atoms with Gasteiger partial charge in [-0.2, -0.15) is 0 Å². The molecule has 0 spiro atoms. The van der Waals surface area contributed by atoms with Crippen molar-refractivity contribution in [3.05, 3.63) is 42.4 Å². The zero-order valence-corrected chi connectivity index (χ0v) is 13.9. The van der Waals surface area contributed by atoms with Gasteiger partial charge in [0.15, 0.2) is 0 Å². The highest BCUT2D eigenvalue weighted by Crippen LogP contribution is 2.21. The van der Waals surface area contributed by atoms with Crippen LogP contribution in [0.2, 0.25) is 0 Å². The van der Waals surface area contributed by atoms with E-state index in [4.69, 9.17) is 0 Å². The molecule has 1 aliphatic rings. The maximum Gasteiger partial charge on any atom is 0.225 e. The van der Waals surface area contributed by atoms with Gasteiger partial charge in [-0.15, -0.1) is 12.4 Å². The molecule has 122 valence electrons. The molecule has 0 saturated carbocycles. The molecule has 1 fully saturated rings. The average molecular weight is 333 g/mol. The fourth-order valence-electron chi connectivity index (χ4n) is 2.74. The Bertz CT molecular complexity index is 671. The van der Waals surface area contributed by atoms with Gasteiger partial charge >= 0.3 is 0 Å². The van der Waals surface area contributed by atoms with Crippen LogP contribution < -0.4 is 10.6 Å². The van der Waals surface area contributed by atoms with Crippen LogP contribution in [-0.2, 0) is 4.79 Å². The van der Waals surface area contributed by atoms with Gasteiger partial charge in [0.05, 0.1) is 5.69 Å². The van der Waals surface area contributed by atoms with Gasteiger partial charge in [-0.05, 0) is 44.5 Å². The number of halogens is 1. The van der Waals surface area contributed by atoms with Crippen LogP contribution >= 0.6 is 12.4 Å². The molecule has 2 N–H and O–H groups in total. The van der Waals surface area contributed by atoms with Crippen molar-refractivity contribution in [2.45, 2.75) is 32.2 Å². The van der Waals surface area contributed by atoms with Crippen molar-refractivity contribution < 1.29 is 4.79 Å². The SMILES string of the molecule is Cc1nccc(-c2cccc(NC(=O)CC3CCCN3)c2)n1.Cl. The van der Waals surface area contributed by atoms with Crippen molar-refractivity contribution in [2.75, 3.05) is 11.9 Å². The number of hydrogen-bond donors (Lipinski definition) is 2. The summed E-state index contributed by atoms with van der Waals surface area (Å²) in [5, 5.41) is 6.31. The van der Waals surface area contributed by atoms with Crippen LogP contribution in [0.3, 0.4) is 0 Å². The molecule has 0 radical (unpaired) electrons. The molecule has 3 rings (SSSR count). The van der Waals surface area contributed by atoms with Gasteiger partial charge in [-0.25, -0.2) is 9.97 Å². The molecule has 23 heavy (non-hydrogen) atoms. The van der Waals surface area contributed by atoms with Gasteiger partial charge in [-0.3, -0.25) is 4.79 Å². The van der Waals surface area contributed by atoms with E-state index in [1.54, 1.807) is 6.20 Å². The number of rotatable bonds is 4. The zero-order valence-electron chi connectivity index (χ0n) is 13.1. The number of nitrogens with one attached hydrogen (secondary N) is 2. The Morgan fingerprint density at radius 2 is 2.26 bits per heavy atom. The summed E-state index contributed by atoms with van der Waals surface area (Å²) in [6.07, 6.45) is 4.50. The van der Waals surface area contributed by atoms with E-state index in [0.29, 0.717) is 12.5 Å². The lowest BCUT2D eigenvalue weighted by atomic mass is 10.1. The van der Waals surface area contributed by atoms with Crippen molar-refractivity contribution in [1.82, 2.24) is 15.3 Å². The van der Waals surface area contributed by atoms with Crippen LogP contribution in [0.15, 0.2) is 36.5 Å². The summed E-state index contributed by atoms with van der Waals surface area (Å²) in [6.45, 7) is 2.88. The Labute approximate surface area is 142 Å². The van der Waals surface area contributed by atoms with Crippen LogP contribution in [0, 0.1) is 6.92 Å². The van der Waals surface area contributed by atoms with Gasteiger partial charge in [0.2, 0.25) is 5.91 Å². The largest absolute Gasteiger partial charge is 0.326 e. The molecule has 2 aromatic rings. The second-order valence-corrected chi connectivity index (χ2v) is 5.62. The van der Waals surface area contributed by atoms with E-state index in [2.05, 4.69) is 20.6 Å². The number of carbonyl (C=O) groups is 1. The van der Waals surface area contributed by atoms with Crippen LogP contribution in [0.1, 0.15) is 25.1 Å². The van der Waals surface area contributed by atoms with Crippen LogP contribution in [-0.4, -0.2) is 28.5 Å². The van der Waals surface area contributed by atoms with Crippen molar-refractivity contribution in [1.29, 1.82) is 0 Å². The van der Waals surface area contributed by atoms with Gasteiger partial charge in [-0.1, -0.05) is 12.1 Å². The summed E-state index contributed by atoms with van der Waals surface area (Å²) in [5.74, 6) is 0.787. The second-order valence-electron chi connectivity index (χ2n) is 5.62. The Morgan fingerprint density at radius 1 is 1.39 bits per heavy atom. The van der Waals surface area contributed by atoms with E-state index in [9.17, 15) is 4.79 Å². The number of benzene rings is 1. The number of anilines is 1. The van der Waals surface area contributed by atoms with Crippen molar-refractivity contribution in [2.24, 2.45) is 0 Å². The first-order valence-electron chi connectivity index (χ1n) is 7.64. The molecule has 6 heteroatoms. The van der Waals surface area contributed by atoms with Crippen LogP contribution in [0.25, 0.3) is 11.3 Å². The number of aryl methyl sites for hydroxylation is 1. The smallest absolute Gasteiger partial charge is 0.225 e. The molecular formula is C17H21ClN4O. The third-order valence-corrected chi connectivity index (χ3v) is 3.81. The van der Waals surface area contributed by atoms with Crippen molar-refractivity contribution in [3.8, 4) is 11.3 Å². The van der Waals surface area contributed by atoms with E-state index in [1.165, 1.54) is 0 Å². The summed E-state index contributed by atoms with van der Waals surface area (Å²) in [7, 11) is 0. The second kappa shape index (κ2) is 8.04. The topological polar surface area (TPSA) is 66.9 Å². The minimum absolute atomic E-state index is 0. The molecule has 5 nitrogen and oxygen atoms in total. The normalized spacial score (nSPS) is 16.7. The third kappa shape index (κ3) is 4.74. The van der Waals surface area contributed by atoms with Crippen molar-refractivity contribution >= 4 is 24.0 Å². The minimum atomic E-state index is 0. The highest BCUT2D eigenvalue weighted by atomic mass is 35.5. The Balaban J connectivity index is 0.00000192. The molecule has 0 bridgehead atoms. The summed E-state index contributed by atoms with van der Waals surface area (Å²) >= 11 is 0. The molecule has 1 atom stereocenters. The lowest BCUT2D eigenvalue weighted by Gasteiger charge is -2.11. The molecule has 1 amide bonds. The predicted molar refractivity (Wildman–Crippen MR) is 93.7 cm³/mol. The van der Waals surface area contributed by atoms with Gasteiger partial charge in [0, 0.05) is 29.9 Å². The highest BCUT2D eigenvalue weighted by Gasteiger charge is 2.17. The number of aromatic nitrogens is 2. The van der Waals surface area contributed by atoms with E-state index >= 15 is 0 Å². The summed E-state index contributed by atoms with van der Waals surface area (Å²) in [4.78, 5) is 20.6. The highest BCUT2D eigenvalue weighted by molar-refractivity contribution is 5.91. The molecule has 1 unspecified atom stereocenters. The first-order valence-corrected chi connectivity index (χ1v) is 7.64. The maximum absolute atomic E-state index is 12.1. The van der Waals surface area contributed by atoms with Gasteiger partial charge in [0.25, 0.3) is 0 Å². The summed E-state index contributed by atoms with van der Waals surface area (Å²) in [6, 6.07) is 9.94. The predicted octanol–water partition coefficient (Wildman–Crippen LogP) is 2.95. The average Bonchev–Trinajstić information content (AvgIpc) is 3.00. The molecular weight excluding hydrogens is 312 g/mol. The summed E-state index contributed by atoms with van der Waals surface area (Å²) in [5.41, 5.74) is 2.64. The fraction of sp³-hybridized carbons (Fsp3) is 0.353. The van der Waals surface area contributed by atoms with Crippen LogP contribution in [0.5, 0.6) is 0 Å². The minimum Gasteiger partial charge on any atom is -0.326 e. The third-order valence-electron chi connectivity index (χ3n) is 3.81. The van der Waals surface area contributed by atoms with E-state index in [1.807, 2.05) is 37.3 Å². The Morgan fingerprint density at radius 3 is 3.00 bits per heavy atom. The maximum atomic E-state index is 12.1. The molecule has 1 aromatic heterocycles. The monoisotopic (exact) mass is 332 g/mol. The summed E-state index contributed by atoms with van der Waals surface area (Å²) < 4.78 is 0. The quantitative estimate of drug-likeness (QED) is 0.903. The number of hydrogen-bond acceptors (Lipinski definition) is 4. The Kier molecular flexibility index (Phi) is 6.07. The fourth-order valence-corrected chi connectivity index (χ4v) is 2.74. The lowest BCUT2D eigenvalue weighted by molar-refractivity contribution is -0.116. The first-order chi connectivity index (χ1) is 10.7.